The Hall–Kier alpha value is -2.45. The van der Waals surface area contributed by atoms with Crippen molar-refractivity contribution in [2.45, 2.75) is 25.8 Å². The van der Waals surface area contributed by atoms with Crippen LogP contribution in [0.25, 0.3) is 10.2 Å². The lowest BCUT2D eigenvalue weighted by Gasteiger charge is -2.23. The largest absolute Gasteiger partial charge is 0.381 e. The van der Waals surface area contributed by atoms with E-state index in [1.54, 1.807) is 23.0 Å². The average Bonchev–Trinajstić information content (AvgIpc) is 3.22. The maximum atomic E-state index is 12.3. The van der Waals surface area contributed by atoms with Crippen molar-refractivity contribution in [2.24, 2.45) is 0 Å². The van der Waals surface area contributed by atoms with Crippen molar-refractivity contribution in [2.75, 3.05) is 23.8 Å². The highest BCUT2D eigenvalue weighted by Gasteiger charge is 2.20. The molecule has 3 heterocycles. The first kappa shape index (κ1) is 16.0. The van der Waals surface area contributed by atoms with Crippen LogP contribution in [0.1, 0.15) is 24.6 Å². The van der Waals surface area contributed by atoms with Gasteiger partial charge in [0.1, 0.15) is 0 Å². The summed E-state index contributed by atoms with van der Waals surface area (Å²) < 4.78 is 8.43. The molecule has 0 aliphatic carbocycles. The summed E-state index contributed by atoms with van der Waals surface area (Å²) in [5, 5.41) is 10.2. The highest BCUT2D eigenvalue weighted by atomic mass is 32.1. The van der Waals surface area contributed by atoms with E-state index in [9.17, 15) is 4.79 Å². The van der Waals surface area contributed by atoms with Gasteiger partial charge in [-0.15, -0.1) is 11.3 Å². The molecule has 7 nitrogen and oxygen atoms in total. The van der Waals surface area contributed by atoms with Crippen LogP contribution in [0.2, 0.25) is 0 Å². The van der Waals surface area contributed by atoms with E-state index in [1.165, 1.54) is 0 Å². The number of benzene rings is 1. The molecular weight excluding hydrogens is 338 g/mol. The molecule has 2 N–H and O–H groups in total. The van der Waals surface area contributed by atoms with Crippen molar-refractivity contribution in [1.29, 1.82) is 0 Å². The lowest BCUT2D eigenvalue weighted by atomic mass is 10.1. The van der Waals surface area contributed by atoms with E-state index in [2.05, 4.69) is 20.7 Å². The van der Waals surface area contributed by atoms with Gasteiger partial charge in [-0.2, -0.15) is 5.10 Å². The molecule has 0 atom stereocenters. The van der Waals surface area contributed by atoms with Gasteiger partial charge in [-0.05, 0) is 38.0 Å². The first-order valence-corrected chi connectivity index (χ1v) is 9.12. The Kier molecular flexibility index (Phi) is 4.37. The molecule has 0 unspecified atom stereocenters. The lowest BCUT2D eigenvalue weighted by Crippen LogP contribution is -2.22. The molecule has 1 aromatic carbocycles. The average molecular weight is 357 g/mol. The minimum absolute atomic E-state index is 0.279. The second-order valence-electron chi connectivity index (χ2n) is 6.05. The Morgan fingerprint density at radius 2 is 2.16 bits per heavy atom. The summed E-state index contributed by atoms with van der Waals surface area (Å²) in [4.78, 5) is 16.5. The van der Waals surface area contributed by atoms with Crippen LogP contribution in [-0.4, -0.2) is 34.0 Å². The summed E-state index contributed by atoms with van der Waals surface area (Å²) in [6.07, 6.45) is 3.60. The van der Waals surface area contributed by atoms with Gasteiger partial charge in [0.15, 0.2) is 0 Å². The van der Waals surface area contributed by atoms with E-state index in [1.807, 2.05) is 29.8 Å². The molecular formula is C17H19N5O2S. The number of urea groups is 1. The molecule has 25 heavy (non-hydrogen) atoms. The lowest BCUT2D eigenvalue weighted by molar-refractivity contribution is 0.0657. The fraction of sp³-hybridized carbons (Fsp3) is 0.353. The molecule has 0 spiro atoms. The van der Waals surface area contributed by atoms with Crippen molar-refractivity contribution in [3.8, 4) is 0 Å². The van der Waals surface area contributed by atoms with Crippen LogP contribution in [0.3, 0.4) is 0 Å². The van der Waals surface area contributed by atoms with Crippen molar-refractivity contribution in [3.05, 3.63) is 35.6 Å². The molecule has 130 valence electrons. The van der Waals surface area contributed by atoms with Crippen molar-refractivity contribution >= 4 is 39.0 Å². The van der Waals surface area contributed by atoms with E-state index >= 15 is 0 Å². The highest BCUT2D eigenvalue weighted by Crippen LogP contribution is 2.26. The van der Waals surface area contributed by atoms with Gasteiger partial charge < -0.3 is 15.4 Å². The Morgan fingerprint density at radius 3 is 3.00 bits per heavy atom. The topological polar surface area (TPSA) is 81.1 Å². The SMILES string of the molecule is Cc1c(NC(=O)Nc2ccc3ncsc3c2)cnn1C1CCOCC1. The van der Waals surface area contributed by atoms with Gasteiger partial charge in [0.2, 0.25) is 0 Å². The van der Waals surface area contributed by atoms with Gasteiger partial charge in [0.05, 0.1) is 39.3 Å². The normalized spacial score (nSPS) is 15.4. The van der Waals surface area contributed by atoms with Gasteiger partial charge >= 0.3 is 6.03 Å². The number of anilines is 2. The number of carbonyl (C=O) groups excluding carboxylic acids is 1. The van der Waals surface area contributed by atoms with Crippen molar-refractivity contribution < 1.29 is 9.53 Å². The first-order valence-electron chi connectivity index (χ1n) is 8.24. The van der Waals surface area contributed by atoms with Crippen LogP contribution in [0.15, 0.2) is 29.9 Å². The molecule has 3 aromatic rings. The van der Waals surface area contributed by atoms with Crippen LogP contribution in [0, 0.1) is 6.92 Å². The predicted molar refractivity (Wildman–Crippen MR) is 98.3 cm³/mol. The highest BCUT2D eigenvalue weighted by molar-refractivity contribution is 7.16. The van der Waals surface area contributed by atoms with Crippen LogP contribution in [0.5, 0.6) is 0 Å². The smallest absolute Gasteiger partial charge is 0.323 e. The summed E-state index contributed by atoms with van der Waals surface area (Å²) >= 11 is 1.55. The summed E-state index contributed by atoms with van der Waals surface area (Å²) in [6.45, 7) is 3.49. The number of nitrogens with one attached hydrogen (secondary N) is 2. The Morgan fingerprint density at radius 1 is 1.32 bits per heavy atom. The minimum Gasteiger partial charge on any atom is -0.381 e. The van der Waals surface area contributed by atoms with E-state index in [4.69, 9.17) is 4.74 Å². The van der Waals surface area contributed by atoms with Gasteiger partial charge in [0, 0.05) is 18.9 Å². The quantitative estimate of drug-likeness (QED) is 0.747. The molecule has 1 saturated heterocycles. The third-order valence-electron chi connectivity index (χ3n) is 4.42. The third-order valence-corrected chi connectivity index (χ3v) is 5.21. The van der Waals surface area contributed by atoms with Crippen LogP contribution >= 0.6 is 11.3 Å². The number of thiazole rings is 1. The van der Waals surface area contributed by atoms with E-state index in [-0.39, 0.29) is 6.03 Å². The second-order valence-corrected chi connectivity index (χ2v) is 6.93. The number of nitrogens with zero attached hydrogens (tertiary/aromatic N) is 3. The molecule has 0 bridgehead atoms. The second kappa shape index (κ2) is 6.81. The summed E-state index contributed by atoms with van der Waals surface area (Å²) in [6, 6.07) is 5.72. The van der Waals surface area contributed by atoms with E-state index in [0.29, 0.717) is 6.04 Å². The molecule has 8 heteroatoms. The Balaban J connectivity index is 1.44. The number of hydrogen-bond donors (Lipinski definition) is 2. The number of rotatable bonds is 3. The van der Waals surface area contributed by atoms with Gasteiger partial charge in [-0.25, -0.2) is 9.78 Å². The first-order chi connectivity index (χ1) is 12.2. The van der Waals surface area contributed by atoms with Crippen molar-refractivity contribution in [1.82, 2.24) is 14.8 Å². The maximum absolute atomic E-state index is 12.3. The van der Waals surface area contributed by atoms with Crippen molar-refractivity contribution in [3.63, 3.8) is 0 Å². The molecule has 0 saturated carbocycles. The number of ether oxygens (including phenoxy) is 1. The molecule has 2 amide bonds. The Labute approximate surface area is 149 Å². The molecule has 1 aliphatic rings. The molecule has 2 aromatic heterocycles. The summed E-state index contributed by atoms with van der Waals surface area (Å²) in [5.41, 5.74) is 5.15. The minimum atomic E-state index is -0.279. The van der Waals surface area contributed by atoms with Crippen LogP contribution in [0.4, 0.5) is 16.2 Å². The summed E-state index contributed by atoms with van der Waals surface area (Å²) in [7, 11) is 0. The molecule has 0 radical (unpaired) electrons. The number of hydrogen-bond acceptors (Lipinski definition) is 5. The zero-order chi connectivity index (χ0) is 17.2. The summed E-state index contributed by atoms with van der Waals surface area (Å²) in [5.74, 6) is 0. The Bertz CT molecular complexity index is 897. The van der Waals surface area contributed by atoms with E-state index < -0.39 is 0 Å². The van der Waals surface area contributed by atoms with Crippen LogP contribution < -0.4 is 10.6 Å². The van der Waals surface area contributed by atoms with Crippen LogP contribution in [-0.2, 0) is 4.74 Å². The fourth-order valence-corrected chi connectivity index (χ4v) is 3.78. The van der Waals surface area contributed by atoms with E-state index in [0.717, 1.165) is 53.3 Å². The predicted octanol–water partition coefficient (Wildman–Crippen LogP) is 3.80. The molecule has 1 fully saturated rings. The monoisotopic (exact) mass is 357 g/mol. The number of fused-ring (bicyclic) bond motifs is 1. The fourth-order valence-electron chi connectivity index (χ4n) is 3.06. The zero-order valence-electron chi connectivity index (χ0n) is 13.9. The standard InChI is InChI=1S/C17H19N5O2S/c1-11-15(9-19-22(11)13-4-6-24-7-5-13)21-17(23)20-12-2-3-14-16(8-12)25-10-18-14/h2-3,8-10,13H,4-7H2,1H3,(H2,20,21,23). The van der Waals surface area contributed by atoms with Gasteiger partial charge in [-0.3, -0.25) is 4.68 Å². The number of aromatic nitrogens is 3. The third kappa shape index (κ3) is 3.35. The number of carbonyl (C=O) groups is 1. The number of amides is 2. The zero-order valence-corrected chi connectivity index (χ0v) is 14.7. The molecule has 4 rings (SSSR count). The maximum Gasteiger partial charge on any atom is 0.323 e. The molecule has 1 aliphatic heterocycles. The van der Waals surface area contributed by atoms with Gasteiger partial charge in [-0.1, -0.05) is 0 Å². The van der Waals surface area contributed by atoms with Gasteiger partial charge in [0.25, 0.3) is 0 Å².